The molecule has 2 saturated heterocycles. The molecular formula is C34H37F5N4O7S. The smallest absolute Gasteiger partial charge is 0.342 e. The second kappa shape index (κ2) is 13.2. The highest BCUT2D eigenvalue weighted by Crippen LogP contribution is 2.47. The maximum atomic E-state index is 14.5. The second-order valence-corrected chi connectivity index (χ2v) is 15.6. The van der Waals surface area contributed by atoms with Crippen LogP contribution in [0.3, 0.4) is 0 Å². The molecule has 1 aromatic carbocycles. The summed E-state index contributed by atoms with van der Waals surface area (Å²) in [6, 6.07) is 3.40. The van der Waals surface area contributed by atoms with Gasteiger partial charge in [-0.1, -0.05) is 6.08 Å². The molecule has 4 aliphatic heterocycles. The van der Waals surface area contributed by atoms with Crippen LogP contribution in [0.1, 0.15) is 52.7 Å². The molecule has 6 rings (SSSR count). The number of piperidine rings is 2. The lowest BCUT2D eigenvalue weighted by Crippen LogP contribution is -2.51. The van der Waals surface area contributed by atoms with E-state index in [1.807, 2.05) is 0 Å². The van der Waals surface area contributed by atoms with Gasteiger partial charge in [0.05, 0.1) is 16.9 Å². The summed E-state index contributed by atoms with van der Waals surface area (Å²) in [4.78, 5) is 32.3. The molecule has 0 aromatic heterocycles. The summed E-state index contributed by atoms with van der Waals surface area (Å²) in [7, 11) is -3.79. The normalized spacial score (nSPS) is 23.8. The van der Waals surface area contributed by atoms with Crippen LogP contribution in [0, 0.1) is 13.8 Å². The largest absolute Gasteiger partial charge is 0.465 e. The second-order valence-electron chi connectivity index (χ2n) is 13.5. The zero-order chi connectivity index (χ0) is 37.0. The molecule has 0 saturated carbocycles. The number of ether oxygens (including phenoxy) is 2. The number of aliphatic imine (C=N–C) groups is 1. The van der Waals surface area contributed by atoms with Gasteiger partial charge in [-0.25, -0.2) is 22.1 Å². The van der Waals surface area contributed by atoms with E-state index in [0.717, 1.165) is 41.4 Å². The molecule has 1 aromatic rings. The number of hydrogen-bond donors (Lipinski definition) is 2. The number of benzene rings is 1. The van der Waals surface area contributed by atoms with Crippen LogP contribution in [0.5, 0.6) is 0 Å². The summed E-state index contributed by atoms with van der Waals surface area (Å²) in [6.07, 6.45) is 3.81. The molecule has 0 atom stereocenters. The van der Waals surface area contributed by atoms with E-state index in [1.54, 1.807) is 30.9 Å². The van der Waals surface area contributed by atoms with E-state index in [-0.39, 0.29) is 87.6 Å². The Morgan fingerprint density at radius 2 is 1.63 bits per heavy atom. The quantitative estimate of drug-likeness (QED) is 0.385. The first-order valence-corrected chi connectivity index (χ1v) is 18.0. The minimum atomic E-state index is -4.60. The van der Waals surface area contributed by atoms with E-state index in [9.17, 15) is 45.1 Å². The molecule has 2 N–H and O–H groups in total. The molecule has 1 spiro atoms. The number of alkyl halides is 5. The van der Waals surface area contributed by atoms with Crippen molar-refractivity contribution in [1.82, 2.24) is 14.5 Å². The number of halogens is 5. The van der Waals surface area contributed by atoms with Gasteiger partial charge in [0.25, 0.3) is 11.8 Å². The van der Waals surface area contributed by atoms with Gasteiger partial charge in [-0.05, 0) is 86.9 Å². The number of nitrogens with zero attached hydrogens (tertiary/aromatic N) is 3. The van der Waals surface area contributed by atoms with Crippen LogP contribution in [0.2, 0.25) is 0 Å². The van der Waals surface area contributed by atoms with Crippen molar-refractivity contribution in [3.05, 3.63) is 82.2 Å². The lowest BCUT2D eigenvalue weighted by Gasteiger charge is -2.36. The van der Waals surface area contributed by atoms with E-state index in [0.29, 0.717) is 5.56 Å². The molecule has 51 heavy (non-hydrogen) atoms. The molecule has 2 amide bonds. The van der Waals surface area contributed by atoms with E-state index in [4.69, 9.17) is 9.47 Å². The van der Waals surface area contributed by atoms with E-state index in [1.165, 1.54) is 4.31 Å². The third-order valence-electron chi connectivity index (χ3n) is 10.1. The maximum Gasteiger partial charge on any atom is 0.342 e. The van der Waals surface area contributed by atoms with Crippen molar-refractivity contribution in [3.63, 3.8) is 0 Å². The number of allylic oxidation sites excluding steroid dienone is 4. The minimum Gasteiger partial charge on any atom is -0.465 e. The van der Waals surface area contributed by atoms with Gasteiger partial charge < -0.3 is 24.8 Å². The van der Waals surface area contributed by atoms with Crippen LogP contribution in [0.15, 0.2) is 65.0 Å². The number of aliphatic hydroxyl groups is 1. The van der Waals surface area contributed by atoms with Crippen LogP contribution in [-0.4, -0.2) is 102 Å². The van der Waals surface area contributed by atoms with E-state index in [2.05, 4.69) is 10.3 Å². The van der Waals surface area contributed by atoms with Crippen molar-refractivity contribution < 1.29 is 54.5 Å². The first kappa shape index (κ1) is 36.7. The standard InChI is InChI=1S/C34H37F5N4O7S/c1-21-16-23(29(44)42-11-7-31(46,20-35)8-12-42)17-22(2)24(21)5-15-51(47,48)43-13-9-32(10-14-43)30(45)40-28(41-32)27-19-49-18-26(50-27)25-4-3-6-33(36,37)34(25,38)39/h3-4,6,16-19,46H,5,7-15,20H2,1-2H3,(H,40,41,45). The lowest BCUT2D eigenvalue weighted by atomic mass is 9.89. The number of hydrogen-bond acceptors (Lipinski definition) is 8. The third-order valence-corrected chi connectivity index (χ3v) is 12.0. The highest BCUT2D eigenvalue weighted by Gasteiger charge is 2.60. The number of amides is 2. The van der Waals surface area contributed by atoms with Crippen LogP contribution in [0.4, 0.5) is 22.0 Å². The fourth-order valence-electron chi connectivity index (χ4n) is 6.86. The SMILES string of the molecule is Cc1cc(C(=O)N2CCC(O)(CF)CC2)cc(C)c1CCS(=O)(=O)N1CCC2(CC1)N=C(C1=COC=C(C3=CC=CC(F)(F)C3(F)F)O1)NC2=O. The first-order valence-electron chi connectivity index (χ1n) is 16.4. The molecular weight excluding hydrogens is 703 g/mol. The number of aryl methyl sites for hydroxylation is 2. The molecule has 11 nitrogen and oxygen atoms in total. The Balaban J connectivity index is 1.07. The van der Waals surface area contributed by atoms with Gasteiger partial charge >= 0.3 is 11.8 Å². The third kappa shape index (κ3) is 6.82. The molecule has 1 aliphatic carbocycles. The van der Waals surface area contributed by atoms with Crippen molar-refractivity contribution in [2.45, 2.75) is 68.9 Å². The molecule has 0 bridgehead atoms. The summed E-state index contributed by atoms with van der Waals surface area (Å²) < 4.78 is 109. The van der Waals surface area contributed by atoms with Gasteiger partial charge in [-0.2, -0.15) is 17.6 Å². The summed E-state index contributed by atoms with van der Waals surface area (Å²) in [6.45, 7) is 3.10. The van der Waals surface area contributed by atoms with Crippen molar-refractivity contribution >= 4 is 27.7 Å². The lowest BCUT2D eigenvalue weighted by molar-refractivity contribution is -0.156. The molecule has 5 aliphatic rings. The summed E-state index contributed by atoms with van der Waals surface area (Å²) in [5.41, 5.74) is -1.23. The summed E-state index contributed by atoms with van der Waals surface area (Å²) in [5.74, 6) is -11.2. The predicted octanol–water partition coefficient (Wildman–Crippen LogP) is 3.97. The highest BCUT2D eigenvalue weighted by molar-refractivity contribution is 7.89. The minimum absolute atomic E-state index is 0.00668. The van der Waals surface area contributed by atoms with Crippen LogP contribution in [0.25, 0.3) is 0 Å². The number of sulfonamides is 1. The van der Waals surface area contributed by atoms with Gasteiger partial charge in [-0.3, -0.25) is 9.59 Å². The summed E-state index contributed by atoms with van der Waals surface area (Å²) >= 11 is 0. The van der Waals surface area contributed by atoms with E-state index < -0.39 is 56.9 Å². The van der Waals surface area contributed by atoms with Crippen LogP contribution >= 0.6 is 0 Å². The van der Waals surface area contributed by atoms with Crippen LogP contribution in [-0.2, 0) is 30.7 Å². The molecule has 17 heteroatoms. The average molecular weight is 741 g/mol. The number of carbonyl (C=O) groups excluding carboxylic acids is 2. The van der Waals surface area contributed by atoms with Gasteiger partial charge in [-0.15, -0.1) is 0 Å². The van der Waals surface area contributed by atoms with Gasteiger partial charge in [0, 0.05) is 31.7 Å². The van der Waals surface area contributed by atoms with Crippen LogP contribution < -0.4 is 5.32 Å². The number of carbonyl (C=O) groups is 2. The van der Waals surface area contributed by atoms with Crippen molar-refractivity contribution in [2.24, 2.45) is 4.99 Å². The zero-order valence-corrected chi connectivity index (χ0v) is 28.7. The van der Waals surface area contributed by atoms with Gasteiger partial charge in [0.1, 0.15) is 24.7 Å². The highest BCUT2D eigenvalue weighted by atomic mass is 32.2. The Morgan fingerprint density at radius 3 is 2.25 bits per heavy atom. The topological polar surface area (TPSA) is 138 Å². The number of likely N-dealkylation sites (tertiary alicyclic amines) is 1. The van der Waals surface area contributed by atoms with Gasteiger partial charge in [0.2, 0.25) is 15.8 Å². The Hall–Kier alpha value is -4.09. The number of nitrogens with one attached hydrogen (secondary N) is 1. The summed E-state index contributed by atoms with van der Waals surface area (Å²) in [5, 5.41) is 12.7. The Kier molecular flexibility index (Phi) is 9.46. The Morgan fingerprint density at radius 1 is 1.00 bits per heavy atom. The fourth-order valence-corrected chi connectivity index (χ4v) is 8.32. The average Bonchev–Trinajstić information content (AvgIpc) is 3.40. The number of amidine groups is 1. The zero-order valence-electron chi connectivity index (χ0n) is 27.9. The van der Waals surface area contributed by atoms with E-state index >= 15 is 0 Å². The van der Waals surface area contributed by atoms with Gasteiger partial charge in [0.15, 0.2) is 11.6 Å². The van der Waals surface area contributed by atoms with Crippen molar-refractivity contribution in [3.8, 4) is 0 Å². The first-order chi connectivity index (χ1) is 23.9. The molecule has 0 radical (unpaired) electrons. The maximum absolute atomic E-state index is 14.5. The molecule has 4 heterocycles. The predicted molar refractivity (Wildman–Crippen MR) is 174 cm³/mol. The molecule has 2 fully saturated rings. The Bertz CT molecular complexity index is 1870. The van der Waals surface area contributed by atoms with Crippen molar-refractivity contribution in [2.75, 3.05) is 38.6 Å². The van der Waals surface area contributed by atoms with Crippen molar-refractivity contribution in [1.29, 1.82) is 0 Å². The fraction of sp³-hybridized carbons (Fsp3) is 0.500. The molecule has 276 valence electrons. The molecule has 0 unspecified atom stereocenters. The Labute approximate surface area is 291 Å². The monoisotopic (exact) mass is 740 g/mol. The number of rotatable bonds is 8.